The van der Waals surface area contributed by atoms with Crippen LogP contribution in [0.1, 0.15) is 5.56 Å². The van der Waals surface area contributed by atoms with E-state index in [2.05, 4.69) is 5.32 Å². The third-order valence-corrected chi connectivity index (χ3v) is 3.60. The molecule has 2 N–H and O–H groups in total. The highest BCUT2D eigenvalue weighted by molar-refractivity contribution is 7.99. The molecule has 0 aromatic heterocycles. The number of carbonyl (C=O) groups is 2. The lowest BCUT2D eigenvalue weighted by Crippen LogP contribution is -2.37. The first-order chi connectivity index (χ1) is 9.54. The topological polar surface area (TPSA) is 110 Å². The molecule has 7 nitrogen and oxygen atoms in total. The van der Waals surface area contributed by atoms with Crippen molar-refractivity contribution in [3.05, 3.63) is 39.9 Å². The molecule has 1 rings (SSSR count). The molecule has 0 aliphatic carbocycles. The van der Waals surface area contributed by atoms with Crippen molar-refractivity contribution in [1.82, 2.24) is 5.32 Å². The van der Waals surface area contributed by atoms with Gasteiger partial charge in [-0.05, 0) is 17.7 Å². The highest BCUT2D eigenvalue weighted by Crippen LogP contribution is 2.14. The average Bonchev–Trinajstić information content (AvgIpc) is 2.42. The molecule has 1 aromatic rings. The van der Waals surface area contributed by atoms with Crippen LogP contribution in [-0.4, -0.2) is 40.0 Å². The van der Waals surface area contributed by atoms with Gasteiger partial charge in [0.25, 0.3) is 5.69 Å². The number of aryl methyl sites for hydroxylation is 1. The van der Waals surface area contributed by atoms with Crippen LogP contribution in [0.2, 0.25) is 0 Å². The Morgan fingerprint density at radius 1 is 1.45 bits per heavy atom. The Morgan fingerprint density at radius 3 is 2.60 bits per heavy atom. The van der Waals surface area contributed by atoms with Gasteiger partial charge in [0.1, 0.15) is 6.04 Å². The van der Waals surface area contributed by atoms with E-state index in [-0.39, 0.29) is 11.4 Å². The first-order valence-electron chi connectivity index (χ1n) is 5.78. The van der Waals surface area contributed by atoms with Crippen LogP contribution in [-0.2, 0) is 16.0 Å². The van der Waals surface area contributed by atoms with Crippen molar-refractivity contribution < 1.29 is 19.6 Å². The second kappa shape index (κ2) is 8.16. The van der Waals surface area contributed by atoms with Gasteiger partial charge < -0.3 is 10.4 Å². The lowest BCUT2D eigenvalue weighted by atomic mass is 10.1. The summed E-state index contributed by atoms with van der Waals surface area (Å²) in [5.74, 6) is -0.122. The second-order valence-electron chi connectivity index (χ2n) is 3.92. The fourth-order valence-corrected chi connectivity index (χ4v) is 2.47. The van der Waals surface area contributed by atoms with E-state index in [4.69, 9.17) is 5.11 Å². The van der Waals surface area contributed by atoms with Crippen molar-refractivity contribution in [2.24, 2.45) is 0 Å². The van der Waals surface area contributed by atoms with Gasteiger partial charge in [0, 0.05) is 17.9 Å². The third kappa shape index (κ3) is 5.27. The maximum Gasteiger partial charge on any atom is 0.327 e. The van der Waals surface area contributed by atoms with Gasteiger partial charge in [-0.3, -0.25) is 14.9 Å². The summed E-state index contributed by atoms with van der Waals surface area (Å²) in [5, 5.41) is 21.5. The van der Waals surface area contributed by atoms with Crippen molar-refractivity contribution in [1.29, 1.82) is 0 Å². The van der Waals surface area contributed by atoms with E-state index >= 15 is 0 Å². The number of carboxylic acid groups (broad SMARTS) is 1. The molecule has 1 amide bonds. The standard InChI is InChI=1S/C12H14N2O5S/c15-8-13-11(12(16)17)7-20-6-5-9-1-3-10(4-2-9)14(18)19/h1-4,8,11H,5-7H2,(H,13,15)(H,16,17). The van der Waals surface area contributed by atoms with Gasteiger partial charge >= 0.3 is 5.97 Å². The molecule has 0 saturated carbocycles. The van der Waals surface area contributed by atoms with Gasteiger partial charge in [-0.1, -0.05) is 12.1 Å². The maximum absolute atomic E-state index is 10.8. The number of nitrogens with zero attached hydrogens (tertiary/aromatic N) is 1. The number of non-ortho nitro benzene ring substituents is 1. The largest absolute Gasteiger partial charge is 0.480 e. The first-order valence-corrected chi connectivity index (χ1v) is 6.93. The van der Waals surface area contributed by atoms with Crippen LogP contribution >= 0.6 is 11.8 Å². The summed E-state index contributed by atoms with van der Waals surface area (Å²) in [6.45, 7) is 0. The molecule has 0 fully saturated rings. The second-order valence-corrected chi connectivity index (χ2v) is 5.07. The molecule has 8 heteroatoms. The summed E-state index contributed by atoms with van der Waals surface area (Å²) >= 11 is 1.40. The Bertz CT molecular complexity index is 477. The Balaban J connectivity index is 2.35. The van der Waals surface area contributed by atoms with Gasteiger partial charge in [0.15, 0.2) is 0 Å². The molecule has 20 heavy (non-hydrogen) atoms. The number of hydrogen-bond acceptors (Lipinski definition) is 5. The van der Waals surface area contributed by atoms with Gasteiger partial charge in [-0.25, -0.2) is 4.79 Å². The molecule has 0 aliphatic heterocycles. The van der Waals surface area contributed by atoms with Crippen LogP contribution in [0.5, 0.6) is 0 Å². The summed E-state index contributed by atoms with van der Waals surface area (Å²) in [6.07, 6.45) is 1.05. The zero-order chi connectivity index (χ0) is 15.0. The summed E-state index contributed by atoms with van der Waals surface area (Å²) < 4.78 is 0. The van der Waals surface area contributed by atoms with Gasteiger partial charge in [-0.2, -0.15) is 11.8 Å². The van der Waals surface area contributed by atoms with Crippen LogP contribution in [0, 0.1) is 10.1 Å². The number of nitro benzene ring substituents is 1. The fraction of sp³-hybridized carbons (Fsp3) is 0.333. The number of carbonyl (C=O) groups excluding carboxylic acids is 1. The van der Waals surface area contributed by atoms with E-state index in [9.17, 15) is 19.7 Å². The van der Waals surface area contributed by atoms with Crippen molar-refractivity contribution in [3.8, 4) is 0 Å². The SMILES string of the molecule is O=CNC(CSCCc1ccc([N+](=O)[O-])cc1)C(=O)O. The molecule has 1 atom stereocenters. The summed E-state index contributed by atoms with van der Waals surface area (Å²) in [4.78, 5) is 31.0. The predicted molar refractivity (Wildman–Crippen MR) is 74.7 cm³/mol. The number of thioether (sulfide) groups is 1. The highest BCUT2D eigenvalue weighted by Gasteiger charge is 2.15. The van der Waals surface area contributed by atoms with Gasteiger partial charge in [0.2, 0.25) is 6.41 Å². The number of carboxylic acids is 1. The molecule has 0 heterocycles. The number of hydrogen-bond donors (Lipinski definition) is 2. The number of rotatable bonds is 9. The first kappa shape index (κ1) is 16.0. The van der Waals surface area contributed by atoms with E-state index in [0.29, 0.717) is 18.6 Å². The third-order valence-electron chi connectivity index (χ3n) is 2.53. The zero-order valence-electron chi connectivity index (χ0n) is 10.5. The van der Waals surface area contributed by atoms with E-state index in [1.54, 1.807) is 12.1 Å². The quantitative estimate of drug-likeness (QED) is 0.305. The number of nitro groups is 1. The number of nitrogens with one attached hydrogen (secondary N) is 1. The molecule has 0 radical (unpaired) electrons. The number of amides is 1. The average molecular weight is 298 g/mol. The van der Waals surface area contributed by atoms with Crippen molar-refractivity contribution in [3.63, 3.8) is 0 Å². The Hall–Kier alpha value is -2.09. The molecular formula is C12H14N2O5S. The summed E-state index contributed by atoms with van der Waals surface area (Å²) in [5.41, 5.74) is 0.987. The molecule has 108 valence electrons. The van der Waals surface area contributed by atoms with Crippen LogP contribution in [0.4, 0.5) is 5.69 Å². The smallest absolute Gasteiger partial charge is 0.327 e. The Kier molecular flexibility index (Phi) is 6.51. The van der Waals surface area contributed by atoms with Crippen molar-refractivity contribution in [2.45, 2.75) is 12.5 Å². The molecule has 0 spiro atoms. The Morgan fingerprint density at radius 2 is 2.10 bits per heavy atom. The zero-order valence-corrected chi connectivity index (χ0v) is 11.3. The lowest BCUT2D eigenvalue weighted by molar-refractivity contribution is -0.384. The van der Waals surface area contributed by atoms with Crippen molar-refractivity contribution in [2.75, 3.05) is 11.5 Å². The minimum absolute atomic E-state index is 0.0440. The van der Waals surface area contributed by atoms with E-state index in [1.165, 1.54) is 23.9 Å². The minimum Gasteiger partial charge on any atom is -0.480 e. The number of aliphatic carboxylic acids is 1. The maximum atomic E-state index is 10.8. The predicted octanol–water partition coefficient (Wildman–Crippen LogP) is 1.07. The van der Waals surface area contributed by atoms with Crippen LogP contribution < -0.4 is 5.32 Å². The van der Waals surface area contributed by atoms with E-state index < -0.39 is 16.9 Å². The molecule has 1 unspecified atom stereocenters. The lowest BCUT2D eigenvalue weighted by Gasteiger charge is -2.10. The highest BCUT2D eigenvalue weighted by atomic mass is 32.2. The van der Waals surface area contributed by atoms with E-state index in [0.717, 1.165) is 5.56 Å². The van der Waals surface area contributed by atoms with Crippen LogP contribution in [0.15, 0.2) is 24.3 Å². The normalized spacial score (nSPS) is 11.6. The Labute approximate surface area is 119 Å². The van der Waals surface area contributed by atoms with Gasteiger partial charge in [0.05, 0.1) is 4.92 Å². The molecule has 1 aromatic carbocycles. The number of benzene rings is 1. The van der Waals surface area contributed by atoms with Crippen LogP contribution in [0.25, 0.3) is 0 Å². The molecule has 0 saturated heterocycles. The van der Waals surface area contributed by atoms with Crippen LogP contribution in [0.3, 0.4) is 0 Å². The molecular weight excluding hydrogens is 284 g/mol. The molecule has 0 aliphatic rings. The van der Waals surface area contributed by atoms with Crippen molar-refractivity contribution >= 4 is 29.8 Å². The summed E-state index contributed by atoms with van der Waals surface area (Å²) in [6, 6.07) is 5.34. The monoisotopic (exact) mass is 298 g/mol. The van der Waals surface area contributed by atoms with Gasteiger partial charge in [-0.15, -0.1) is 0 Å². The fourth-order valence-electron chi connectivity index (χ4n) is 1.45. The molecule has 0 bridgehead atoms. The minimum atomic E-state index is -1.07. The van der Waals surface area contributed by atoms with E-state index in [1.807, 2.05) is 0 Å². The summed E-state index contributed by atoms with van der Waals surface area (Å²) in [7, 11) is 0.